The minimum atomic E-state index is -0.715. The van der Waals surface area contributed by atoms with E-state index in [-0.39, 0.29) is 0 Å². The molecule has 0 aromatic heterocycles. The van der Waals surface area contributed by atoms with E-state index < -0.39 is 16.8 Å². The van der Waals surface area contributed by atoms with E-state index >= 15 is 0 Å². The van der Waals surface area contributed by atoms with Gasteiger partial charge in [0.15, 0.2) is 0 Å². The fraction of sp³-hybridized carbons (Fsp3) is 0.750. The molecular weight excluding hydrogens is 174 g/mol. The number of amides is 1. The number of hydrogen-bond donors (Lipinski definition) is 2. The van der Waals surface area contributed by atoms with Crippen LogP contribution in [-0.2, 0) is 4.79 Å². The van der Waals surface area contributed by atoms with Crippen molar-refractivity contribution in [2.24, 2.45) is 5.73 Å². The Kier molecular flexibility index (Phi) is 3.01. The van der Waals surface area contributed by atoms with Crippen LogP contribution in [0.5, 0.6) is 0 Å². The first-order valence-electron chi connectivity index (χ1n) is 2.17. The molecule has 3 N–H and O–H groups in total. The minimum Gasteiger partial charge on any atom is -0.392 e. The molecule has 2 atom stereocenters. The van der Waals surface area contributed by atoms with E-state index in [1.165, 1.54) is 6.92 Å². The van der Waals surface area contributed by atoms with E-state index in [1.807, 2.05) is 0 Å². The Hall–Kier alpha value is -0.0900. The van der Waals surface area contributed by atoms with Gasteiger partial charge in [0.2, 0.25) is 5.91 Å². The Morgan fingerprint density at radius 3 is 2.25 bits per heavy atom. The third kappa shape index (κ3) is 2.28. The van der Waals surface area contributed by atoms with Crippen LogP contribution in [0.25, 0.3) is 0 Å². The lowest BCUT2D eigenvalue weighted by Crippen LogP contribution is -2.31. The fourth-order valence-electron chi connectivity index (χ4n) is 0.238. The average molecular weight is 182 g/mol. The summed E-state index contributed by atoms with van der Waals surface area (Å²) in [5.41, 5.74) is 4.79. The topological polar surface area (TPSA) is 63.3 Å². The fourth-order valence-corrected chi connectivity index (χ4v) is 0.238. The highest BCUT2D eigenvalue weighted by atomic mass is 79.9. The third-order valence-corrected chi connectivity index (χ3v) is 1.91. The third-order valence-electron chi connectivity index (χ3n) is 0.695. The van der Waals surface area contributed by atoms with E-state index in [1.54, 1.807) is 0 Å². The van der Waals surface area contributed by atoms with Crippen LogP contribution in [0.1, 0.15) is 6.92 Å². The highest BCUT2D eigenvalue weighted by Crippen LogP contribution is 2.02. The van der Waals surface area contributed by atoms with Crippen LogP contribution < -0.4 is 5.73 Å². The van der Waals surface area contributed by atoms with Crippen molar-refractivity contribution >= 4 is 21.8 Å². The molecule has 0 spiro atoms. The van der Waals surface area contributed by atoms with Crippen molar-refractivity contribution in [2.75, 3.05) is 0 Å². The van der Waals surface area contributed by atoms with Crippen molar-refractivity contribution in [1.82, 2.24) is 0 Å². The number of rotatable bonds is 2. The van der Waals surface area contributed by atoms with Crippen LogP contribution in [0.3, 0.4) is 0 Å². The van der Waals surface area contributed by atoms with Crippen LogP contribution in [0, 0.1) is 0 Å². The van der Waals surface area contributed by atoms with Gasteiger partial charge >= 0.3 is 0 Å². The maximum atomic E-state index is 10.2. The van der Waals surface area contributed by atoms with Crippen LogP contribution in [-0.4, -0.2) is 21.9 Å². The number of halogens is 1. The first-order chi connectivity index (χ1) is 3.55. The monoisotopic (exact) mass is 181 g/mol. The van der Waals surface area contributed by atoms with Crippen molar-refractivity contribution in [1.29, 1.82) is 0 Å². The highest BCUT2D eigenvalue weighted by Gasteiger charge is 2.15. The molecule has 0 bridgehead atoms. The Balaban J connectivity index is 3.64. The van der Waals surface area contributed by atoms with E-state index in [0.29, 0.717) is 0 Å². The summed E-state index contributed by atoms with van der Waals surface area (Å²) in [6, 6.07) is 0. The smallest absolute Gasteiger partial charge is 0.233 e. The van der Waals surface area contributed by atoms with Crippen molar-refractivity contribution in [3.05, 3.63) is 0 Å². The maximum absolute atomic E-state index is 10.2. The zero-order chi connectivity index (χ0) is 6.73. The normalized spacial score (nSPS) is 17.4. The lowest BCUT2D eigenvalue weighted by Gasteiger charge is -2.06. The van der Waals surface area contributed by atoms with Gasteiger partial charge in [-0.1, -0.05) is 15.9 Å². The lowest BCUT2D eigenvalue weighted by molar-refractivity contribution is -0.118. The van der Waals surface area contributed by atoms with Crippen molar-refractivity contribution in [3.8, 4) is 0 Å². The van der Waals surface area contributed by atoms with Gasteiger partial charge in [-0.05, 0) is 6.92 Å². The molecule has 0 aromatic rings. The lowest BCUT2D eigenvalue weighted by atomic mass is 10.3. The highest BCUT2D eigenvalue weighted by molar-refractivity contribution is 9.10. The molecule has 4 heteroatoms. The molecule has 0 heterocycles. The first-order valence-corrected chi connectivity index (χ1v) is 3.08. The van der Waals surface area contributed by atoms with Crippen molar-refractivity contribution in [2.45, 2.75) is 17.9 Å². The number of hydrogen-bond acceptors (Lipinski definition) is 2. The largest absolute Gasteiger partial charge is 0.392 e. The number of aliphatic hydroxyl groups is 1. The van der Waals surface area contributed by atoms with E-state index in [4.69, 9.17) is 10.8 Å². The Morgan fingerprint density at radius 1 is 1.88 bits per heavy atom. The van der Waals surface area contributed by atoms with Gasteiger partial charge in [-0.3, -0.25) is 4.79 Å². The molecule has 8 heavy (non-hydrogen) atoms. The van der Waals surface area contributed by atoms with Gasteiger partial charge in [-0.2, -0.15) is 0 Å². The molecule has 48 valence electrons. The number of carbonyl (C=O) groups is 1. The van der Waals surface area contributed by atoms with Gasteiger partial charge in [-0.15, -0.1) is 0 Å². The molecule has 0 aliphatic carbocycles. The maximum Gasteiger partial charge on any atom is 0.233 e. The molecule has 0 unspecified atom stereocenters. The van der Waals surface area contributed by atoms with Gasteiger partial charge in [-0.25, -0.2) is 0 Å². The molecular formula is C4H8BrNO2. The number of aliphatic hydroxyl groups excluding tert-OH is 1. The molecule has 0 aromatic carbocycles. The van der Waals surface area contributed by atoms with Gasteiger partial charge in [0, 0.05) is 0 Å². The van der Waals surface area contributed by atoms with Crippen molar-refractivity contribution < 1.29 is 9.90 Å². The number of nitrogens with two attached hydrogens (primary N) is 1. The summed E-state index contributed by atoms with van der Waals surface area (Å²) in [7, 11) is 0. The molecule has 3 nitrogen and oxygen atoms in total. The predicted octanol–water partition coefficient (Wildman–Crippen LogP) is -0.384. The molecule has 0 saturated carbocycles. The van der Waals surface area contributed by atoms with Gasteiger partial charge in [0.1, 0.15) is 4.83 Å². The van der Waals surface area contributed by atoms with Crippen LogP contribution in [0.4, 0.5) is 0 Å². The van der Waals surface area contributed by atoms with Gasteiger partial charge in [0.05, 0.1) is 6.10 Å². The van der Waals surface area contributed by atoms with Crippen LogP contribution in [0.2, 0.25) is 0 Å². The molecule has 1 amide bonds. The molecule has 0 fully saturated rings. The van der Waals surface area contributed by atoms with E-state index in [0.717, 1.165) is 0 Å². The Morgan fingerprint density at radius 2 is 2.25 bits per heavy atom. The zero-order valence-electron chi connectivity index (χ0n) is 4.47. The SMILES string of the molecule is C[C@@H](O)[C@H](Br)C(N)=O. The average Bonchev–Trinajstić information content (AvgIpc) is 1.64. The molecule has 0 rings (SSSR count). The molecule has 0 radical (unpaired) electrons. The second-order valence-corrected chi connectivity index (χ2v) is 2.53. The summed E-state index contributed by atoms with van der Waals surface area (Å²) in [6.45, 7) is 1.49. The Labute approximate surface area is 56.0 Å². The summed E-state index contributed by atoms with van der Waals surface area (Å²) < 4.78 is 0. The molecule has 0 saturated heterocycles. The van der Waals surface area contributed by atoms with E-state index in [2.05, 4.69) is 15.9 Å². The summed E-state index contributed by atoms with van der Waals surface area (Å²) in [6.07, 6.45) is -0.715. The number of alkyl halides is 1. The summed E-state index contributed by atoms with van der Waals surface area (Å²) in [5.74, 6) is -0.542. The number of carbonyl (C=O) groups excluding carboxylic acids is 1. The van der Waals surface area contributed by atoms with Crippen LogP contribution >= 0.6 is 15.9 Å². The molecule has 0 aliphatic rings. The van der Waals surface area contributed by atoms with Gasteiger partial charge in [0.25, 0.3) is 0 Å². The zero-order valence-corrected chi connectivity index (χ0v) is 6.05. The summed E-state index contributed by atoms with van der Waals surface area (Å²) in [5, 5.41) is 8.64. The number of primary amides is 1. The second kappa shape index (κ2) is 3.04. The standard InChI is InChI=1S/C4H8BrNO2/c1-2(7)3(5)4(6)8/h2-3,7H,1H3,(H2,6,8)/t2-,3+/m1/s1. The van der Waals surface area contributed by atoms with Crippen molar-refractivity contribution in [3.63, 3.8) is 0 Å². The Bertz CT molecular complexity index is 94.0. The summed E-state index contributed by atoms with van der Waals surface area (Å²) >= 11 is 2.88. The quantitative estimate of drug-likeness (QED) is 0.571. The van der Waals surface area contributed by atoms with Gasteiger partial charge < -0.3 is 10.8 Å². The first kappa shape index (κ1) is 7.91. The second-order valence-electron chi connectivity index (χ2n) is 1.54. The minimum absolute atomic E-state index is 0.542. The molecule has 0 aliphatic heterocycles. The summed E-state index contributed by atoms with van der Waals surface area (Å²) in [4.78, 5) is 9.53. The van der Waals surface area contributed by atoms with Crippen LogP contribution in [0.15, 0.2) is 0 Å². The van der Waals surface area contributed by atoms with E-state index in [9.17, 15) is 4.79 Å². The predicted molar refractivity (Wildman–Crippen MR) is 33.6 cm³/mol.